The zero-order chi connectivity index (χ0) is 13.7. The van der Waals surface area contributed by atoms with Gasteiger partial charge in [0.2, 0.25) is 0 Å². The van der Waals surface area contributed by atoms with E-state index in [1.807, 2.05) is 11.3 Å². The lowest BCUT2D eigenvalue weighted by molar-refractivity contribution is 0.536. The van der Waals surface area contributed by atoms with Crippen molar-refractivity contribution in [3.63, 3.8) is 0 Å². The normalized spacial score (nSPS) is 12.6. The van der Waals surface area contributed by atoms with Crippen molar-refractivity contribution in [3.8, 4) is 0 Å². The highest BCUT2D eigenvalue weighted by molar-refractivity contribution is 7.10. The van der Waals surface area contributed by atoms with Gasteiger partial charge < -0.3 is 5.32 Å². The van der Waals surface area contributed by atoms with Gasteiger partial charge in [-0.25, -0.2) is 0 Å². The Bertz CT molecular complexity index is 502. The van der Waals surface area contributed by atoms with E-state index in [2.05, 4.69) is 61.8 Å². The third-order valence-electron chi connectivity index (χ3n) is 3.54. The molecule has 0 saturated carbocycles. The summed E-state index contributed by atoms with van der Waals surface area (Å²) in [5.41, 5.74) is 4.18. The van der Waals surface area contributed by atoms with E-state index < -0.39 is 0 Å². The van der Waals surface area contributed by atoms with E-state index in [0.29, 0.717) is 6.04 Å². The van der Waals surface area contributed by atoms with Crippen LogP contribution < -0.4 is 5.32 Å². The summed E-state index contributed by atoms with van der Waals surface area (Å²) in [6.45, 7) is 7.66. The molecule has 0 saturated heterocycles. The first-order valence-electron chi connectivity index (χ1n) is 7.03. The first kappa shape index (κ1) is 14.3. The van der Waals surface area contributed by atoms with Crippen LogP contribution >= 0.6 is 11.3 Å². The Balaban J connectivity index is 2.13. The van der Waals surface area contributed by atoms with Crippen LogP contribution in [0.1, 0.15) is 41.0 Å². The van der Waals surface area contributed by atoms with Gasteiger partial charge in [-0.05, 0) is 61.4 Å². The lowest BCUT2D eigenvalue weighted by atomic mass is 10.00. The molecular formula is C17H23NS. The molecular weight excluding hydrogens is 250 g/mol. The van der Waals surface area contributed by atoms with Gasteiger partial charge in [-0.2, -0.15) is 0 Å². The van der Waals surface area contributed by atoms with Crippen LogP contribution in [-0.4, -0.2) is 6.54 Å². The molecule has 0 fully saturated rings. The minimum Gasteiger partial charge on any atom is -0.309 e. The molecule has 1 atom stereocenters. The maximum Gasteiger partial charge on any atom is 0.0455 e. The largest absolute Gasteiger partial charge is 0.309 e. The van der Waals surface area contributed by atoms with E-state index in [-0.39, 0.29) is 0 Å². The molecule has 0 spiro atoms. The molecule has 2 heteroatoms. The van der Waals surface area contributed by atoms with E-state index in [4.69, 9.17) is 0 Å². The number of hydrogen-bond donors (Lipinski definition) is 1. The van der Waals surface area contributed by atoms with Crippen molar-refractivity contribution in [2.75, 3.05) is 6.54 Å². The minimum absolute atomic E-state index is 0.446. The fourth-order valence-corrected chi connectivity index (χ4v) is 3.05. The Hall–Kier alpha value is -1.12. The SMILES string of the molecule is CCCNC(Cc1ccc(C)c(C)c1)c1cccs1. The Morgan fingerprint density at radius 2 is 2.00 bits per heavy atom. The second kappa shape index (κ2) is 6.88. The molecule has 0 amide bonds. The summed E-state index contributed by atoms with van der Waals surface area (Å²) in [5, 5.41) is 5.83. The molecule has 19 heavy (non-hydrogen) atoms. The number of rotatable bonds is 6. The molecule has 1 N–H and O–H groups in total. The van der Waals surface area contributed by atoms with Crippen molar-refractivity contribution < 1.29 is 0 Å². The van der Waals surface area contributed by atoms with Gasteiger partial charge in [0, 0.05) is 10.9 Å². The van der Waals surface area contributed by atoms with Crippen LogP contribution in [0.15, 0.2) is 35.7 Å². The molecule has 2 rings (SSSR count). The van der Waals surface area contributed by atoms with Crippen molar-refractivity contribution >= 4 is 11.3 Å². The summed E-state index contributed by atoms with van der Waals surface area (Å²) in [6.07, 6.45) is 2.25. The number of nitrogens with one attached hydrogen (secondary N) is 1. The highest BCUT2D eigenvalue weighted by atomic mass is 32.1. The quantitative estimate of drug-likeness (QED) is 0.808. The average molecular weight is 273 g/mol. The third-order valence-corrected chi connectivity index (χ3v) is 4.52. The van der Waals surface area contributed by atoms with Crippen LogP contribution in [0.25, 0.3) is 0 Å². The van der Waals surface area contributed by atoms with Crippen molar-refractivity contribution in [1.29, 1.82) is 0 Å². The molecule has 0 aliphatic rings. The summed E-state index contributed by atoms with van der Waals surface area (Å²) in [4.78, 5) is 1.44. The number of thiophene rings is 1. The Morgan fingerprint density at radius 1 is 1.16 bits per heavy atom. The van der Waals surface area contributed by atoms with Gasteiger partial charge in [0.05, 0.1) is 0 Å². The fourth-order valence-electron chi connectivity index (χ4n) is 2.25. The number of aryl methyl sites for hydroxylation is 2. The fraction of sp³-hybridized carbons (Fsp3) is 0.412. The molecule has 0 aliphatic heterocycles. The smallest absolute Gasteiger partial charge is 0.0455 e. The maximum absolute atomic E-state index is 3.66. The summed E-state index contributed by atoms with van der Waals surface area (Å²) in [6, 6.07) is 11.6. The van der Waals surface area contributed by atoms with Gasteiger partial charge >= 0.3 is 0 Å². The Kier molecular flexibility index (Phi) is 5.17. The van der Waals surface area contributed by atoms with Gasteiger partial charge in [0.15, 0.2) is 0 Å². The van der Waals surface area contributed by atoms with E-state index >= 15 is 0 Å². The average Bonchev–Trinajstić information content (AvgIpc) is 2.92. The van der Waals surface area contributed by atoms with Crippen molar-refractivity contribution in [1.82, 2.24) is 5.32 Å². The summed E-state index contributed by atoms with van der Waals surface area (Å²) >= 11 is 1.85. The molecule has 0 radical (unpaired) electrons. The van der Waals surface area contributed by atoms with E-state index in [1.54, 1.807) is 0 Å². The molecule has 0 bridgehead atoms. The highest BCUT2D eigenvalue weighted by Gasteiger charge is 2.12. The standard InChI is InChI=1S/C17H23NS/c1-4-9-18-16(17-6-5-10-19-17)12-15-8-7-13(2)14(3)11-15/h5-8,10-11,16,18H,4,9,12H2,1-3H3. The molecule has 102 valence electrons. The number of hydrogen-bond acceptors (Lipinski definition) is 2. The van der Waals surface area contributed by atoms with Crippen LogP contribution in [-0.2, 0) is 6.42 Å². The van der Waals surface area contributed by atoms with Gasteiger partial charge in [-0.3, -0.25) is 0 Å². The zero-order valence-corrected chi connectivity index (χ0v) is 12.9. The molecule has 1 heterocycles. The zero-order valence-electron chi connectivity index (χ0n) is 12.1. The highest BCUT2D eigenvalue weighted by Crippen LogP contribution is 2.24. The second-order valence-corrected chi connectivity index (χ2v) is 6.12. The molecule has 0 aliphatic carbocycles. The van der Waals surface area contributed by atoms with E-state index in [9.17, 15) is 0 Å². The van der Waals surface area contributed by atoms with Gasteiger partial charge in [0.25, 0.3) is 0 Å². The first-order chi connectivity index (χ1) is 9.20. The number of benzene rings is 1. The second-order valence-electron chi connectivity index (χ2n) is 5.14. The van der Waals surface area contributed by atoms with Crippen molar-refractivity contribution in [2.45, 2.75) is 39.7 Å². The molecule has 2 aromatic rings. The van der Waals surface area contributed by atoms with Crippen LogP contribution in [0.5, 0.6) is 0 Å². The molecule has 1 unspecified atom stereocenters. The Morgan fingerprint density at radius 3 is 2.63 bits per heavy atom. The van der Waals surface area contributed by atoms with Gasteiger partial charge in [-0.1, -0.05) is 31.2 Å². The predicted octanol–water partition coefficient (Wildman–Crippen LogP) is 4.65. The molecule has 1 nitrogen and oxygen atoms in total. The maximum atomic E-state index is 3.66. The van der Waals surface area contributed by atoms with Crippen LogP contribution in [0.2, 0.25) is 0 Å². The lowest BCUT2D eigenvalue weighted by Crippen LogP contribution is -2.23. The summed E-state index contributed by atoms with van der Waals surface area (Å²) in [5.74, 6) is 0. The van der Waals surface area contributed by atoms with Crippen molar-refractivity contribution in [3.05, 3.63) is 57.3 Å². The topological polar surface area (TPSA) is 12.0 Å². The van der Waals surface area contributed by atoms with Crippen molar-refractivity contribution in [2.24, 2.45) is 0 Å². The summed E-state index contributed by atoms with van der Waals surface area (Å²) < 4.78 is 0. The monoisotopic (exact) mass is 273 g/mol. The lowest BCUT2D eigenvalue weighted by Gasteiger charge is -2.18. The summed E-state index contributed by atoms with van der Waals surface area (Å²) in [7, 11) is 0. The van der Waals surface area contributed by atoms with E-state index in [0.717, 1.165) is 13.0 Å². The van der Waals surface area contributed by atoms with Gasteiger partial charge in [0.1, 0.15) is 0 Å². The van der Waals surface area contributed by atoms with Crippen LogP contribution in [0, 0.1) is 13.8 Å². The van der Waals surface area contributed by atoms with Gasteiger partial charge in [-0.15, -0.1) is 11.3 Å². The first-order valence-corrected chi connectivity index (χ1v) is 7.91. The molecule has 1 aromatic carbocycles. The van der Waals surface area contributed by atoms with E-state index in [1.165, 1.54) is 28.0 Å². The van der Waals surface area contributed by atoms with Crippen LogP contribution in [0.4, 0.5) is 0 Å². The minimum atomic E-state index is 0.446. The Labute approximate surface area is 120 Å². The predicted molar refractivity (Wildman–Crippen MR) is 85.0 cm³/mol. The molecule has 1 aromatic heterocycles. The third kappa shape index (κ3) is 3.92. The van der Waals surface area contributed by atoms with Crippen LogP contribution in [0.3, 0.4) is 0 Å².